The zero-order valence-electron chi connectivity index (χ0n) is 15.9. The van der Waals surface area contributed by atoms with Gasteiger partial charge in [0.15, 0.2) is 5.58 Å². The zero-order valence-corrected chi connectivity index (χ0v) is 17.6. The van der Waals surface area contributed by atoms with Crippen LogP contribution < -0.4 is 14.9 Å². The molecule has 0 saturated heterocycles. The van der Waals surface area contributed by atoms with Crippen molar-refractivity contribution >= 4 is 48.0 Å². The fourth-order valence-electron chi connectivity index (χ4n) is 2.93. The lowest BCUT2D eigenvalue weighted by Crippen LogP contribution is -2.26. The normalized spacial score (nSPS) is 12.5. The molecule has 160 valence electrons. The van der Waals surface area contributed by atoms with Crippen LogP contribution in [0.15, 0.2) is 49.3 Å². The standard InChI is InChI=1S/C18H18N2O8S2/c1-3-19-29(24,25)11-8-13-16(21)12-7-10(18(22)23)5-6-14(12)28-17(13)15(9-11)30(26,27)20-4-2/h5-9,19-20H,3-4H2,1-2H3,(H,22,23). The molecule has 0 spiro atoms. The largest absolute Gasteiger partial charge is 0.478 e. The van der Waals surface area contributed by atoms with Gasteiger partial charge in [-0.15, -0.1) is 0 Å². The second-order valence-electron chi connectivity index (χ2n) is 6.25. The Kier molecular flexibility index (Phi) is 5.69. The Labute approximate surface area is 171 Å². The quantitative estimate of drug-likeness (QED) is 0.450. The summed E-state index contributed by atoms with van der Waals surface area (Å²) in [7, 11) is -8.32. The molecule has 30 heavy (non-hydrogen) atoms. The molecule has 0 aliphatic carbocycles. The lowest BCUT2D eigenvalue weighted by Gasteiger charge is -2.12. The molecule has 12 heteroatoms. The number of carbonyl (C=O) groups is 1. The van der Waals surface area contributed by atoms with E-state index in [4.69, 9.17) is 9.52 Å². The van der Waals surface area contributed by atoms with Crippen LogP contribution in [-0.2, 0) is 20.0 Å². The monoisotopic (exact) mass is 454 g/mol. The van der Waals surface area contributed by atoms with Crippen LogP contribution in [0.2, 0.25) is 0 Å². The van der Waals surface area contributed by atoms with Crippen LogP contribution in [0, 0.1) is 0 Å². The fourth-order valence-corrected chi connectivity index (χ4v) is 5.31. The maximum atomic E-state index is 13.1. The number of carboxylic acid groups (broad SMARTS) is 1. The maximum absolute atomic E-state index is 13.1. The van der Waals surface area contributed by atoms with Crippen molar-refractivity contribution < 1.29 is 31.2 Å². The molecule has 2 aromatic carbocycles. The van der Waals surface area contributed by atoms with Crippen molar-refractivity contribution in [2.75, 3.05) is 13.1 Å². The smallest absolute Gasteiger partial charge is 0.335 e. The van der Waals surface area contributed by atoms with Crippen LogP contribution in [0.25, 0.3) is 21.9 Å². The molecule has 0 aliphatic rings. The Morgan fingerprint density at radius 1 is 0.967 bits per heavy atom. The van der Waals surface area contributed by atoms with E-state index in [2.05, 4.69) is 9.44 Å². The van der Waals surface area contributed by atoms with Gasteiger partial charge in [-0.3, -0.25) is 4.79 Å². The minimum atomic E-state index is -4.21. The lowest BCUT2D eigenvalue weighted by atomic mass is 10.1. The van der Waals surface area contributed by atoms with Gasteiger partial charge in [0.05, 0.1) is 21.2 Å². The molecule has 0 saturated carbocycles. The fraction of sp³-hybridized carbons (Fsp3) is 0.222. The van der Waals surface area contributed by atoms with Crippen LogP contribution in [0.3, 0.4) is 0 Å². The van der Waals surface area contributed by atoms with Crippen molar-refractivity contribution in [3.8, 4) is 0 Å². The van der Waals surface area contributed by atoms with Gasteiger partial charge in [0.2, 0.25) is 25.5 Å². The second kappa shape index (κ2) is 7.80. The van der Waals surface area contributed by atoms with Crippen molar-refractivity contribution in [3.63, 3.8) is 0 Å². The number of aromatic carboxylic acids is 1. The van der Waals surface area contributed by atoms with Gasteiger partial charge in [0, 0.05) is 13.1 Å². The van der Waals surface area contributed by atoms with E-state index in [0.717, 1.165) is 18.2 Å². The summed E-state index contributed by atoms with van der Waals surface area (Å²) in [6.07, 6.45) is 0. The van der Waals surface area contributed by atoms with E-state index >= 15 is 0 Å². The van der Waals surface area contributed by atoms with Gasteiger partial charge >= 0.3 is 5.97 Å². The molecule has 0 bridgehead atoms. The Morgan fingerprint density at radius 2 is 1.60 bits per heavy atom. The van der Waals surface area contributed by atoms with Crippen molar-refractivity contribution in [2.45, 2.75) is 23.6 Å². The summed E-state index contributed by atoms with van der Waals surface area (Å²) >= 11 is 0. The van der Waals surface area contributed by atoms with Crippen LogP contribution in [-0.4, -0.2) is 41.0 Å². The van der Waals surface area contributed by atoms with Crippen molar-refractivity contribution in [3.05, 3.63) is 46.1 Å². The highest BCUT2D eigenvalue weighted by molar-refractivity contribution is 7.90. The molecule has 0 aliphatic heterocycles. The van der Waals surface area contributed by atoms with Gasteiger partial charge < -0.3 is 9.52 Å². The Bertz CT molecular complexity index is 1440. The molecular weight excluding hydrogens is 436 g/mol. The number of hydrogen-bond acceptors (Lipinski definition) is 7. The molecule has 0 atom stereocenters. The number of hydrogen-bond donors (Lipinski definition) is 3. The van der Waals surface area contributed by atoms with Crippen LogP contribution >= 0.6 is 0 Å². The van der Waals surface area contributed by atoms with Gasteiger partial charge in [-0.05, 0) is 30.3 Å². The van der Waals surface area contributed by atoms with E-state index in [9.17, 15) is 26.4 Å². The highest BCUT2D eigenvalue weighted by Crippen LogP contribution is 2.29. The number of fused-ring (bicyclic) bond motifs is 2. The Balaban J connectivity index is 2.52. The van der Waals surface area contributed by atoms with E-state index in [-0.39, 0.29) is 40.6 Å². The van der Waals surface area contributed by atoms with Gasteiger partial charge in [0.25, 0.3) is 0 Å². The average Bonchev–Trinajstić information content (AvgIpc) is 2.67. The summed E-state index contributed by atoms with van der Waals surface area (Å²) < 4.78 is 60.5. The predicted molar refractivity (Wildman–Crippen MR) is 109 cm³/mol. The lowest BCUT2D eigenvalue weighted by molar-refractivity contribution is 0.0697. The molecule has 1 heterocycles. The van der Waals surface area contributed by atoms with E-state index in [1.807, 2.05) is 0 Å². The minimum absolute atomic E-state index is 0.0216. The summed E-state index contributed by atoms with van der Waals surface area (Å²) in [6, 6.07) is 5.47. The highest BCUT2D eigenvalue weighted by atomic mass is 32.2. The number of benzene rings is 2. The third-order valence-electron chi connectivity index (χ3n) is 4.22. The first-order valence-electron chi connectivity index (χ1n) is 8.79. The molecule has 10 nitrogen and oxygen atoms in total. The summed E-state index contributed by atoms with van der Waals surface area (Å²) in [5.41, 5.74) is -1.29. The average molecular weight is 454 g/mol. The van der Waals surface area contributed by atoms with Gasteiger partial charge in [-0.25, -0.2) is 31.1 Å². The summed E-state index contributed by atoms with van der Waals surface area (Å²) in [5.74, 6) is -1.27. The molecule has 1 aromatic heterocycles. The minimum Gasteiger partial charge on any atom is -0.478 e. The molecule has 0 unspecified atom stereocenters. The van der Waals surface area contributed by atoms with Crippen LogP contribution in [0.1, 0.15) is 24.2 Å². The number of nitrogens with one attached hydrogen (secondary N) is 2. The first-order chi connectivity index (χ1) is 14.0. The topological polar surface area (TPSA) is 160 Å². The van der Waals surface area contributed by atoms with Crippen LogP contribution in [0.5, 0.6) is 0 Å². The van der Waals surface area contributed by atoms with E-state index < -0.39 is 41.2 Å². The molecule has 0 amide bonds. The predicted octanol–water partition coefficient (Wildman–Crippen LogP) is 1.24. The van der Waals surface area contributed by atoms with Gasteiger partial charge in [-0.1, -0.05) is 13.8 Å². The molecule has 3 rings (SSSR count). The first-order valence-corrected chi connectivity index (χ1v) is 11.8. The van der Waals surface area contributed by atoms with Gasteiger partial charge in [-0.2, -0.15) is 0 Å². The molecule has 3 aromatic rings. The van der Waals surface area contributed by atoms with Crippen molar-refractivity contribution in [1.82, 2.24) is 9.44 Å². The zero-order chi connectivity index (χ0) is 22.3. The molecular formula is C18H18N2O8S2. The first kappa shape index (κ1) is 21.9. The number of carboxylic acids is 1. The summed E-state index contributed by atoms with van der Waals surface area (Å²) in [4.78, 5) is 23.3. The molecule has 3 N–H and O–H groups in total. The Morgan fingerprint density at radius 3 is 2.20 bits per heavy atom. The number of rotatable bonds is 7. The highest BCUT2D eigenvalue weighted by Gasteiger charge is 2.26. The van der Waals surface area contributed by atoms with E-state index in [1.165, 1.54) is 19.1 Å². The van der Waals surface area contributed by atoms with Crippen LogP contribution in [0.4, 0.5) is 0 Å². The SMILES string of the molecule is CCNS(=O)(=O)c1cc(S(=O)(=O)NCC)c2oc3ccc(C(=O)O)cc3c(=O)c2c1. The van der Waals surface area contributed by atoms with Crippen molar-refractivity contribution in [2.24, 2.45) is 0 Å². The molecule has 0 radical (unpaired) electrons. The third-order valence-corrected chi connectivity index (χ3v) is 7.30. The Hall–Kier alpha value is -2.80. The molecule has 0 fully saturated rings. The third kappa shape index (κ3) is 3.81. The summed E-state index contributed by atoms with van der Waals surface area (Å²) in [6.45, 7) is 3.15. The van der Waals surface area contributed by atoms with E-state index in [0.29, 0.717) is 0 Å². The van der Waals surface area contributed by atoms with Gasteiger partial charge in [0.1, 0.15) is 10.5 Å². The second-order valence-corrected chi connectivity index (χ2v) is 9.75. The van der Waals surface area contributed by atoms with Crippen molar-refractivity contribution in [1.29, 1.82) is 0 Å². The van der Waals surface area contributed by atoms with E-state index in [1.54, 1.807) is 6.92 Å². The maximum Gasteiger partial charge on any atom is 0.335 e. The number of sulfonamides is 2. The summed E-state index contributed by atoms with van der Waals surface area (Å²) in [5, 5.41) is 8.74.